The summed E-state index contributed by atoms with van der Waals surface area (Å²) in [4.78, 5) is 8.45. The van der Waals surface area contributed by atoms with Crippen molar-refractivity contribution in [3.05, 3.63) is 42.0 Å². The van der Waals surface area contributed by atoms with Gasteiger partial charge in [-0.3, -0.25) is 4.98 Å². The Morgan fingerprint density at radius 1 is 1.24 bits per heavy atom. The summed E-state index contributed by atoms with van der Waals surface area (Å²) in [5, 5.41) is 3.11. The number of aryl methyl sites for hydroxylation is 1. The summed E-state index contributed by atoms with van der Waals surface area (Å²) in [6.45, 7) is 4.47. The van der Waals surface area contributed by atoms with Crippen LogP contribution in [0.15, 0.2) is 30.6 Å². The van der Waals surface area contributed by atoms with Gasteiger partial charge in [0, 0.05) is 24.5 Å². The van der Waals surface area contributed by atoms with Gasteiger partial charge in [-0.25, -0.2) is 9.37 Å². The lowest BCUT2D eigenvalue weighted by molar-refractivity contribution is 0.619. The van der Waals surface area contributed by atoms with Gasteiger partial charge in [-0.1, -0.05) is 12.1 Å². The molecule has 0 unspecified atom stereocenters. The average Bonchev–Trinajstić information content (AvgIpc) is 2.34. The second kappa shape index (κ2) is 4.91. The number of nitrogens with one attached hydrogen (secondary N) is 1. The standard InChI is InChI=1S/C13H14FN3/c1-3-15-13-12(16-6-7-17-13)10-5-4-9(2)11(14)8-10/h4-8H,3H2,1-2H3,(H,15,17). The van der Waals surface area contributed by atoms with E-state index in [1.165, 1.54) is 6.07 Å². The van der Waals surface area contributed by atoms with E-state index in [0.717, 1.165) is 12.1 Å². The van der Waals surface area contributed by atoms with Crippen LogP contribution in [0, 0.1) is 12.7 Å². The molecule has 4 heteroatoms. The van der Waals surface area contributed by atoms with Crippen molar-refractivity contribution < 1.29 is 4.39 Å². The maximum Gasteiger partial charge on any atom is 0.152 e. The number of aromatic nitrogens is 2. The molecule has 0 radical (unpaired) electrons. The number of hydrogen-bond donors (Lipinski definition) is 1. The molecule has 0 atom stereocenters. The Kier molecular flexibility index (Phi) is 3.32. The molecule has 0 saturated heterocycles. The first-order valence-electron chi connectivity index (χ1n) is 5.53. The summed E-state index contributed by atoms with van der Waals surface area (Å²) in [6.07, 6.45) is 3.22. The maximum absolute atomic E-state index is 13.5. The van der Waals surface area contributed by atoms with E-state index in [2.05, 4.69) is 15.3 Å². The number of anilines is 1. The summed E-state index contributed by atoms with van der Waals surface area (Å²) in [6, 6.07) is 5.08. The lowest BCUT2D eigenvalue weighted by atomic mass is 10.1. The minimum absolute atomic E-state index is 0.226. The number of rotatable bonds is 3. The van der Waals surface area contributed by atoms with Crippen LogP contribution in [0.25, 0.3) is 11.3 Å². The third-order valence-corrected chi connectivity index (χ3v) is 2.49. The molecule has 0 aliphatic heterocycles. The van der Waals surface area contributed by atoms with Crippen molar-refractivity contribution in [3.63, 3.8) is 0 Å². The fourth-order valence-electron chi connectivity index (χ4n) is 1.59. The van der Waals surface area contributed by atoms with Crippen LogP contribution < -0.4 is 5.32 Å². The smallest absolute Gasteiger partial charge is 0.152 e. The molecule has 1 N–H and O–H groups in total. The fraction of sp³-hybridized carbons (Fsp3) is 0.231. The lowest BCUT2D eigenvalue weighted by Crippen LogP contribution is -2.02. The van der Waals surface area contributed by atoms with Crippen molar-refractivity contribution in [1.82, 2.24) is 9.97 Å². The Morgan fingerprint density at radius 2 is 2.00 bits per heavy atom. The highest BCUT2D eigenvalue weighted by atomic mass is 19.1. The van der Waals surface area contributed by atoms with Crippen molar-refractivity contribution >= 4 is 5.82 Å². The van der Waals surface area contributed by atoms with Gasteiger partial charge in [-0.05, 0) is 25.5 Å². The van der Waals surface area contributed by atoms with Gasteiger partial charge in [0.25, 0.3) is 0 Å². The summed E-state index contributed by atoms with van der Waals surface area (Å²) in [5.41, 5.74) is 2.04. The normalized spacial score (nSPS) is 10.3. The highest BCUT2D eigenvalue weighted by molar-refractivity contribution is 5.71. The molecule has 0 fully saturated rings. The van der Waals surface area contributed by atoms with Crippen molar-refractivity contribution in [2.75, 3.05) is 11.9 Å². The van der Waals surface area contributed by atoms with Crippen LogP contribution in [-0.4, -0.2) is 16.5 Å². The summed E-state index contributed by atoms with van der Waals surface area (Å²) >= 11 is 0. The van der Waals surface area contributed by atoms with Gasteiger partial charge in [-0.15, -0.1) is 0 Å². The molecule has 1 aromatic heterocycles. The predicted molar refractivity (Wildman–Crippen MR) is 66.3 cm³/mol. The molecule has 0 saturated carbocycles. The molecule has 0 aliphatic carbocycles. The van der Waals surface area contributed by atoms with E-state index in [4.69, 9.17) is 0 Å². The van der Waals surface area contributed by atoms with E-state index in [1.54, 1.807) is 25.4 Å². The minimum atomic E-state index is -0.226. The molecule has 0 aliphatic rings. The van der Waals surface area contributed by atoms with E-state index in [0.29, 0.717) is 17.1 Å². The zero-order valence-electron chi connectivity index (χ0n) is 9.87. The fourth-order valence-corrected chi connectivity index (χ4v) is 1.59. The van der Waals surface area contributed by atoms with Gasteiger partial charge in [0.2, 0.25) is 0 Å². The first-order valence-corrected chi connectivity index (χ1v) is 5.53. The van der Waals surface area contributed by atoms with Gasteiger partial charge in [-0.2, -0.15) is 0 Å². The Labute approximate surface area is 99.7 Å². The zero-order valence-corrected chi connectivity index (χ0v) is 9.87. The number of hydrogen-bond acceptors (Lipinski definition) is 3. The van der Waals surface area contributed by atoms with Gasteiger partial charge in [0.1, 0.15) is 11.5 Å². The number of benzene rings is 1. The van der Waals surface area contributed by atoms with E-state index >= 15 is 0 Å². The summed E-state index contributed by atoms with van der Waals surface area (Å²) in [7, 11) is 0. The second-order valence-electron chi connectivity index (χ2n) is 3.75. The number of halogens is 1. The highest BCUT2D eigenvalue weighted by Crippen LogP contribution is 2.24. The molecule has 1 aromatic carbocycles. The van der Waals surface area contributed by atoms with Gasteiger partial charge >= 0.3 is 0 Å². The first-order chi connectivity index (χ1) is 8.22. The molecular formula is C13H14FN3. The summed E-state index contributed by atoms with van der Waals surface area (Å²) in [5.74, 6) is 0.453. The van der Waals surface area contributed by atoms with Crippen LogP contribution in [-0.2, 0) is 0 Å². The molecule has 3 nitrogen and oxygen atoms in total. The maximum atomic E-state index is 13.5. The third-order valence-electron chi connectivity index (χ3n) is 2.49. The molecule has 2 rings (SSSR count). The van der Waals surface area contributed by atoms with Crippen LogP contribution in [0.4, 0.5) is 10.2 Å². The van der Waals surface area contributed by atoms with Crippen molar-refractivity contribution in [2.24, 2.45) is 0 Å². The van der Waals surface area contributed by atoms with E-state index in [9.17, 15) is 4.39 Å². The van der Waals surface area contributed by atoms with E-state index in [-0.39, 0.29) is 5.82 Å². The molecule has 2 aromatic rings. The monoisotopic (exact) mass is 231 g/mol. The quantitative estimate of drug-likeness (QED) is 0.882. The van der Waals surface area contributed by atoms with E-state index in [1.807, 2.05) is 13.0 Å². The molecule has 0 bridgehead atoms. The lowest BCUT2D eigenvalue weighted by Gasteiger charge is -2.08. The Morgan fingerprint density at radius 3 is 2.71 bits per heavy atom. The van der Waals surface area contributed by atoms with Crippen LogP contribution in [0.1, 0.15) is 12.5 Å². The molecule has 0 amide bonds. The van der Waals surface area contributed by atoms with Gasteiger partial charge in [0.15, 0.2) is 5.82 Å². The van der Waals surface area contributed by atoms with Crippen molar-refractivity contribution in [2.45, 2.75) is 13.8 Å². The topological polar surface area (TPSA) is 37.8 Å². The van der Waals surface area contributed by atoms with Gasteiger partial charge < -0.3 is 5.32 Å². The van der Waals surface area contributed by atoms with Crippen molar-refractivity contribution in [3.8, 4) is 11.3 Å². The van der Waals surface area contributed by atoms with Crippen LogP contribution in [0.2, 0.25) is 0 Å². The Balaban J connectivity index is 2.48. The van der Waals surface area contributed by atoms with E-state index < -0.39 is 0 Å². The predicted octanol–water partition coefficient (Wildman–Crippen LogP) is 3.02. The number of nitrogens with zero attached hydrogens (tertiary/aromatic N) is 2. The van der Waals surface area contributed by atoms with Crippen LogP contribution in [0.3, 0.4) is 0 Å². The van der Waals surface area contributed by atoms with Crippen LogP contribution in [0.5, 0.6) is 0 Å². The van der Waals surface area contributed by atoms with Gasteiger partial charge in [0.05, 0.1) is 0 Å². The van der Waals surface area contributed by atoms with Crippen LogP contribution >= 0.6 is 0 Å². The molecular weight excluding hydrogens is 217 g/mol. The zero-order chi connectivity index (χ0) is 12.3. The minimum Gasteiger partial charge on any atom is -0.369 e. The summed E-state index contributed by atoms with van der Waals surface area (Å²) < 4.78 is 13.5. The van der Waals surface area contributed by atoms with Crippen molar-refractivity contribution in [1.29, 1.82) is 0 Å². The Bertz CT molecular complexity index is 526. The largest absolute Gasteiger partial charge is 0.369 e. The molecule has 1 heterocycles. The Hall–Kier alpha value is -1.97. The third kappa shape index (κ3) is 2.41. The molecule has 17 heavy (non-hydrogen) atoms. The first kappa shape index (κ1) is 11.5. The SMILES string of the molecule is CCNc1nccnc1-c1ccc(C)c(F)c1. The average molecular weight is 231 g/mol. The highest BCUT2D eigenvalue weighted by Gasteiger charge is 2.08. The second-order valence-corrected chi connectivity index (χ2v) is 3.75. The molecule has 0 spiro atoms. The molecule has 88 valence electrons.